The molecule has 0 saturated carbocycles. The highest BCUT2D eigenvalue weighted by molar-refractivity contribution is 9.23. The van der Waals surface area contributed by atoms with E-state index in [0.29, 0.717) is 13.4 Å². The normalized spacial score (nSPS) is 6.60. The fourth-order valence-electron chi connectivity index (χ4n) is 0.0630. The minimum Gasteiger partial charge on any atom is -0.232 e. The van der Waals surface area contributed by atoms with Crippen molar-refractivity contribution in [3.8, 4) is 0 Å². The second-order valence-electron chi connectivity index (χ2n) is 0.679. The number of allylic oxidation sites excluding steroid dienone is 1. The van der Waals surface area contributed by atoms with Gasteiger partial charge in [0.2, 0.25) is 0 Å². The molecule has 0 aromatic heterocycles. The summed E-state index contributed by atoms with van der Waals surface area (Å²) in [7, 11) is 0. The van der Waals surface area contributed by atoms with Crippen LogP contribution in [0.3, 0.4) is 0 Å². The summed E-state index contributed by atoms with van der Waals surface area (Å²) in [5.74, 6) is 0. The van der Waals surface area contributed by atoms with E-state index in [9.17, 15) is 0 Å². The smallest absolute Gasteiger partial charge is 0.232 e. The van der Waals surface area contributed by atoms with Crippen LogP contribution in [0.5, 0.6) is 0 Å². The van der Waals surface area contributed by atoms with Gasteiger partial charge in [0.25, 0.3) is 0 Å². The van der Waals surface area contributed by atoms with Crippen LogP contribution < -0.4 is 0 Å². The Morgan fingerprint density at radius 3 is 2.60 bits per heavy atom. The molecule has 0 aliphatic carbocycles. The van der Waals surface area contributed by atoms with Crippen molar-refractivity contribution in [1.29, 1.82) is 0 Å². The fourth-order valence-corrected chi connectivity index (χ4v) is 0.982. The number of halogens is 1. The van der Waals surface area contributed by atoms with Gasteiger partial charge in [0.1, 0.15) is 0 Å². The molecule has 0 bridgehead atoms. The van der Waals surface area contributed by atoms with E-state index in [1.165, 1.54) is 0 Å². The van der Waals surface area contributed by atoms with Crippen LogP contribution in [0, 0.1) is 0 Å². The van der Waals surface area contributed by atoms with Crippen molar-refractivity contribution in [2.45, 2.75) is 5.28 Å². The van der Waals surface area contributed by atoms with E-state index in [4.69, 9.17) is 0 Å². The molecule has 0 unspecified atom stereocenters. The van der Waals surface area contributed by atoms with Gasteiger partial charge in [-0.25, -0.2) is 14.1 Å². The van der Waals surface area contributed by atoms with Gasteiger partial charge in [0.15, 0.2) is 0 Å². The number of hydrogen-bond donors (Lipinski definition) is 0. The standard InChI is InChI=1S/C3H5.Al.BrH/c1-3-2;;/h3H,1-2H2;;1H/q;+1;/p-1. The molecule has 0 aromatic carbocycles. The first-order valence-electron chi connectivity index (χ1n) is 1.44. The number of rotatable bonds is 2. The van der Waals surface area contributed by atoms with Crippen LogP contribution in [0.15, 0.2) is 12.7 Å². The van der Waals surface area contributed by atoms with Crippen molar-refractivity contribution in [1.82, 2.24) is 0 Å². The van der Waals surface area contributed by atoms with Gasteiger partial charge in [-0.15, -0.1) is 12.7 Å². The molecular formula is C3H5AlBr. The lowest BCUT2D eigenvalue weighted by Gasteiger charge is -1.66. The molecular weight excluding hydrogens is 143 g/mol. The maximum atomic E-state index is 3.54. The van der Waals surface area contributed by atoms with Gasteiger partial charge in [-0.3, -0.25) is 0 Å². The predicted octanol–water partition coefficient (Wildman–Crippen LogP) is 1.60. The molecule has 2 heteroatoms. The molecule has 0 heterocycles. The van der Waals surface area contributed by atoms with Crippen molar-refractivity contribution in [3.63, 3.8) is 0 Å². The quantitative estimate of drug-likeness (QED) is 0.412. The zero-order chi connectivity index (χ0) is 4.12. The largest absolute Gasteiger partial charge is 0.321 e. The van der Waals surface area contributed by atoms with E-state index >= 15 is 0 Å². The lowest BCUT2D eigenvalue weighted by molar-refractivity contribution is 1.76. The first kappa shape index (κ1) is 5.75. The molecule has 0 aliphatic heterocycles. The van der Waals surface area contributed by atoms with Crippen LogP contribution in [0.25, 0.3) is 0 Å². The van der Waals surface area contributed by atoms with Gasteiger partial charge in [-0.05, 0) is 0 Å². The van der Waals surface area contributed by atoms with E-state index in [1.54, 1.807) is 0 Å². The third-order valence-electron chi connectivity index (χ3n) is 0.256. The molecule has 0 rings (SSSR count). The topological polar surface area (TPSA) is 0 Å². The molecule has 0 aromatic rings. The second-order valence-corrected chi connectivity index (χ2v) is 3.40. The van der Waals surface area contributed by atoms with Crippen LogP contribution in [-0.4, -0.2) is 13.4 Å². The molecule has 0 N–H and O–H groups in total. The molecule has 27 valence electrons. The summed E-state index contributed by atoms with van der Waals surface area (Å²) in [6.45, 7) is 3.54. The highest BCUT2D eigenvalue weighted by Crippen LogP contribution is 1.82. The monoisotopic (exact) mass is 147 g/mol. The third kappa shape index (κ3) is 4.75. The molecule has 0 nitrogen and oxygen atoms in total. The van der Waals surface area contributed by atoms with Crippen molar-refractivity contribution in [2.75, 3.05) is 0 Å². The average Bonchev–Trinajstić information content (AvgIpc) is 1.41. The van der Waals surface area contributed by atoms with Crippen molar-refractivity contribution < 1.29 is 0 Å². The number of hydrogen-bond acceptors (Lipinski definition) is 0. The van der Waals surface area contributed by atoms with Gasteiger partial charge in [0.05, 0.1) is 0 Å². The maximum absolute atomic E-state index is 3.54. The summed E-state index contributed by atoms with van der Waals surface area (Å²) in [5, 5.41) is 1.15. The van der Waals surface area contributed by atoms with Crippen LogP contribution in [0.2, 0.25) is 5.28 Å². The Hall–Kier alpha value is 0.752. The van der Waals surface area contributed by atoms with E-state index < -0.39 is 0 Å². The Kier molecular flexibility index (Phi) is 5.47. The Bertz CT molecular complexity index is 28.1. The van der Waals surface area contributed by atoms with Crippen molar-refractivity contribution in [2.24, 2.45) is 0 Å². The average molecular weight is 148 g/mol. The summed E-state index contributed by atoms with van der Waals surface area (Å²) in [6, 6.07) is 0. The summed E-state index contributed by atoms with van der Waals surface area (Å²) in [4.78, 5) is 0. The van der Waals surface area contributed by atoms with E-state index in [-0.39, 0.29) is 0 Å². The second kappa shape index (κ2) is 4.75. The Morgan fingerprint density at radius 2 is 2.60 bits per heavy atom. The highest BCUT2D eigenvalue weighted by Gasteiger charge is 1.71. The summed E-state index contributed by atoms with van der Waals surface area (Å²) >= 11 is 3.80. The highest BCUT2D eigenvalue weighted by atomic mass is 79.9. The van der Waals surface area contributed by atoms with E-state index in [2.05, 4.69) is 20.6 Å². The minimum absolute atomic E-state index is 0.480. The summed E-state index contributed by atoms with van der Waals surface area (Å²) < 4.78 is 0. The Morgan fingerprint density at radius 1 is 2.00 bits per heavy atom. The predicted molar refractivity (Wildman–Crippen MR) is 29.7 cm³/mol. The molecule has 0 atom stereocenters. The fraction of sp³-hybridized carbons (Fsp3) is 0.333. The first-order valence-corrected chi connectivity index (χ1v) is 5.44. The van der Waals surface area contributed by atoms with Crippen LogP contribution in [0.1, 0.15) is 0 Å². The SMILES string of the molecule is C=C[CH2][Al][Br]. The lowest BCUT2D eigenvalue weighted by Crippen LogP contribution is -1.63. The van der Waals surface area contributed by atoms with Gasteiger partial charge in [-0.2, -0.15) is 0 Å². The van der Waals surface area contributed by atoms with Gasteiger partial charge in [-0.1, -0.05) is 5.28 Å². The van der Waals surface area contributed by atoms with E-state index in [0.717, 1.165) is 5.28 Å². The maximum Gasteiger partial charge on any atom is 0.321 e. The molecule has 0 spiro atoms. The zero-order valence-corrected chi connectivity index (χ0v) is 5.69. The molecule has 0 fully saturated rings. The van der Waals surface area contributed by atoms with Crippen LogP contribution >= 0.6 is 14.1 Å². The zero-order valence-electron chi connectivity index (χ0n) is 2.95. The molecule has 1 radical (unpaired) electrons. The third-order valence-corrected chi connectivity index (χ3v) is 1.89. The van der Waals surface area contributed by atoms with Gasteiger partial charge < -0.3 is 0 Å². The minimum atomic E-state index is 0.480. The summed E-state index contributed by atoms with van der Waals surface area (Å²) in [6.07, 6.45) is 1.92. The van der Waals surface area contributed by atoms with Crippen LogP contribution in [-0.2, 0) is 0 Å². The summed E-state index contributed by atoms with van der Waals surface area (Å²) in [5.41, 5.74) is 0. The molecule has 0 saturated heterocycles. The van der Waals surface area contributed by atoms with Crippen LogP contribution in [0.4, 0.5) is 0 Å². The first-order chi connectivity index (χ1) is 2.41. The Labute approximate surface area is 45.6 Å². The van der Waals surface area contributed by atoms with Gasteiger partial charge in [0, 0.05) is 0 Å². The molecule has 0 aliphatic rings. The van der Waals surface area contributed by atoms with Gasteiger partial charge >= 0.3 is 13.4 Å². The van der Waals surface area contributed by atoms with Crippen molar-refractivity contribution in [3.05, 3.63) is 12.7 Å². The Balaban J connectivity index is 2.40. The lowest BCUT2D eigenvalue weighted by atomic mass is 10.8. The van der Waals surface area contributed by atoms with E-state index in [1.807, 2.05) is 6.08 Å². The molecule has 5 heavy (non-hydrogen) atoms. The molecule has 0 amide bonds. The van der Waals surface area contributed by atoms with Crippen molar-refractivity contribution >= 4 is 27.4 Å².